The van der Waals surface area contributed by atoms with Crippen molar-refractivity contribution in [1.82, 2.24) is 4.57 Å². The van der Waals surface area contributed by atoms with Crippen LogP contribution in [0.5, 0.6) is 0 Å². The molecule has 0 radical (unpaired) electrons. The number of hydrogen-bond acceptors (Lipinski definition) is 2. The van der Waals surface area contributed by atoms with Crippen molar-refractivity contribution in [2.24, 2.45) is 5.92 Å². The number of para-hydroxylation sites is 2. The first-order valence-corrected chi connectivity index (χ1v) is 25.3. The van der Waals surface area contributed by atoms with Crippen LogP contribution in [0.25, 0.3) is 38.6 Å². The highest BCUT2D eigenvalue weighted by molar-refractivity contribution is 6.12. The smallest absolute Gasteiger partial charge is 0.0542 e. The van der Waals surface area contributed by atoms with Crippen LogP contribution in [0.4, 0.5) is 28.4 Å². The van der Waals surface area contributed by atoms with Crippen LogP contribution in [-0.2, 0) is 10.8 Å². The third kappa shape index (κ3) is 6.92. The quantitative estimate of drug-likeness (QED) is 0.107. The highest BCUT2D eigenvalue weighted by atomic mass is 15.2. The monoisotopic (exact) mass is 898 g/mol. The van der Waals surface area contributed by atoms with Crippen molar-refractivity contribution in [2.75, 3.05) is 9.80 Å². The molecule has 8 aromatic rings. The Balaban J connectivity index is 1.13. The summed E-state index contributed by atoms with van der Waals surface area (Å²) in [5.74, 6) is 0.877. The van der Waals surface area contributed by atoms with Crippen LogP contribution in [0.1, 0.15) is 95.4 Å². The molecule has 0 amide bonds. The van der Waals surface area contributed by atoms with Gasteiger partial charge < -0.3 is 14.4 Å². The Kier molecular flexibility index (Phi) is 11.3. The highest BCUT2D eigenvalue weighted by Crippen LogP contribution is 2.58. The summed E-state index contributed by atoms with van der Waals surface area (Å²) in [5, 5.41) is 2.40. The molecule has 69 heavy (non-hydrogen) atoms. The Morgan fingerprint density at radius 2 is 1.14 bits per heavy atom. The minimum absolute atomic E-state index is 0.0506. The molecule has 3 aliphatic rings. The maximum absolute atomic E-state index is 4.26. The molecule has 11 rings (SSSR count). The van der Waals surface area contributed by atoms with E-state index in [0.717, 1.165) is 65.4 Å². The van der Waals surface area contributed by atoms with Crippen LogP contribution < -0.4 is 9.80 Å². The number of rotatable bonds is 13. The van der Waals surface area contributed by atoms with Crippen molar-refractivity contribution in [1.29, 1.82) is 0 Å². The van der Waals surface area contributed by atoms with E-state index in [0.29, 0.717) is 11.8 Å². The Morgan fingerprint density at radius 3 is 1.84 bits per heavy atom. The van der Waals surface area contributed by atoms with Crippen molar-refractivity contribution in [3.63, 3.8) is 0 Å². The Morgan fingerprint density at radius 1 is 0.565 bits per heavy atom. The first-order valence-electron chi connectivity index (χ1n) is 25.3. The van der Waals surface area contributed by atoms with E-state index < -0.39 is 0 Å². The van der Waals surface area contributed by atoms with Gasteiger partial charge in [-0.05, 0) is 170 Å². The van der Waals surface area contributed by atoms with Gasteiger partial charge in [-0.2, -0.15) is 0 Å². The SMILES string of the molecule is C=C(C)/C=C\C(=C/C)N(c1ccc2c(c1)C(CC)(CC)c1ccccc1-2)c1ccc2c(c1)c1cc(N(c3ccccc3)c3ccc4c(c3)C(CC)(CC)C3C=CC=CC43)ccc1n2-c1ccccc1. The molecule has 0 spiro atoms. The lowest BCUT2D eigenvalue weighted by Gasteiger charge is -2.36. The van der Waals surface area contributed by atoms with Gasteiger partial charge in [0.25, 0.3) is 0 Å². The molecule has 0 fully saturated rings. The molecule has 342 valence electrons. The second kappa shape index (κ2) is 17.6. The van der Waals surface area contributed by atoms with Crippen molar-refractivity contribution in [3.8, 4) is 16.8 Å². The van der Waals surface area contributed by atoms with Crippen LogP contribution in [0, 0.1) is 5.92 Å². The molecule has 1 aromatic heterocycles. The van der Waals surface area contributed by atoms with Gasteiger partial charge >= 0.3 is 0 Å². The number of nitrogens with zero attached hydrogens (tertiary/aromatic N) is 3. The number of hydrogen-bond donors (Lipinski definition) is 0. The molecule has 3 heteroatoms. The molecule has 3 aliphatic carbocycles. The number of anilines is 5. The van der Waals surface area contributed by atoms with Gasteiger partial charge in [-0.3, -0.25) is 0 Å². The zero-order valence-electron chi connectivity index (χ0n) is 41.1. The molecule has 0 N–H and O–H groups in total. The van der Waals surface area contributed by atoms with E-state index in [-0.39, 0.29) is 10.8 Å². The number of fused-ring (bicyclic) bond motifs is 9. The summed E-state index contributed by atoms with van der Waals surface area (Å²) in [5.41, 5.74) is 19.8. The molecule has 1 heterocycles. The summed E-state index contributed by atoms with van der Waals surface area (Å²) < 4.78 is 2.44. The van der Waals surface area contributed by atoms with Gasteiger partial charge in [0.2, 0.25) is 0 Å². The highest BCUT2D eigenvalue weighted by Gasteiger charge is 2.48. The second-order valence-electron chi connectivity index (χ2n) is 19.5. The zero-order valence-corrected chi connectivity index (χ0v) is 41.1. The van der Waals surface area contributed by atoms with Gasteiger partial charge in [0, 0.05) is 67.3 Å². The molecule has 2 unspecified atom stereocenters. The van der Waals surface area contributed by atoms with Gasteiger partial charge in [-0.25, -0.2) is 0 Å². The van der Waals surface area contributed by atoms with E-state index in [9.17, 15) is 0 Å². The fourth-order valence-corrected chi connectivity index (χ4v) is 12.8. The Hall–Kier alpha value is -7.36. The Bertz CT molecular complexity index is 3390. The van der Waals surface area contributed by atoms with Crippen LogP contribution in [0.2, 0.25) is 0 Å². The molecular formula is C66H63N3. The van der Waals surface area contributed by atoms with E-state index in [1.54, 1.807) is 0 Å². The van der Waals surface area contributed by atoms with Gasteiger partial charge in [0.1, 0.15) is 0 Å². The fraction of sp³-hybridized carbons (Fsp3) is 0.212. The van der Waals surface area contributed by atoms with Crippen molar-refractivity contribution < 1.29 is 0 Å². The number of aromatic nitrogens is 1. The topological polar surface area (TPSA) is 11.4 Å². The summed E-state index contributed by atoms with van der Waals surface area (Å²) in [6.07, 6.45) is 20.3. The molecule has 7 aromatic carbocycles. The number of allylic oxidation sites excluding steroid dienone is 8. The minimum Gasteiger partial charge on any atom is -0.311 e. The molecule has 0 aliphatic heterocycles. The zero-order chi connectivity index (χ0) is 47.4. The minimum atomic E-state index is -0.0506. The van der Waals surface area contributed by atoms with Gasteiger partial charge in [0.05, 0.1) is 11.0 Å². The summed E-state index contributed by atoms with van der Waals surface area (Å²) in [7, 11) is 0. The molecule has 0 bridgehead atoms. The van der Waals surface area contributed by atoms with Crippen LogP contribution >= 0.6 is 0 Å². The number of benzene rings is 7. The van der Waals surface area contributed by atoms with E-state index in [1.165, 1.54) is 60.9 Å². The van der Waals surface area contributed by atoms with Gasteiger partial charge in [-0.15, -0.1) is 0 Å². The largest absolute Gasteiger partial charge is 0.311 e. The van der Waals surface area contributed by atoms with E-state index in [1.807, 2.05) is 0 Å². The van der Waals surface area contributed by atoms with Crippen molar-refractivity contribution in [3.05, 3.63) is 240 Å². The first kappa shape index (κ1) is 44.2. The molecule has 3 nitrogen and oxygen atoms in total. The van der Waals surface area contributed by atoms with E-state index in [2.05, 4.69) is 263 Å². The van der Waals surface area contributed by atoms with E-state index >= 15 is 0 Å². The lowest BCUT2D eigenvalue weighted by molar-refractivity contribution is 0.305. The first-order chi connectivity index (χ1) is 33.8. The van der Waals surface area contributed by atoms with Crippen molar-refractivity contribution in [2.45, 2.75) is 84.0 Å². The predicted molar refractivity (Wildman–Crippen MR) is 295 cm³/mol. The standard InChI is InChI=1S/C66H63N3/c1-8-46(32-31-45(6)7)67(51-33-37-55-53-27-19-21-29-59(53)65(9-2,10-3)61(55)43-51)49-35-39-63-57(41-49)58-42-50(36-40-64(58)69(63)48-25-17-14-18-26-48)68(47-23-15-13-16-24-47)52-34-38-56-54-28-20-22-30-60(54)66(11-4,12-5)62(56)44-52/h8,13-44,54,60H,6,9-12H2,1-5,7H3/b32-31-,46-8+. The average molecular weight is 898 g/mol. The predicted octanol–water partition coefficient (Wildman–Crippen LogP) is 18.4. The normalized spacial score (nSPS) is 17.3. The van der Waals surface area contributed by atoms with Gasteiger partial charge in [-0.1, -0.05) is 149 Å². The third-order valence-electron chi connectivity index (χ3n) is 16.3. The maximum Gasteiger partial charge on any atom is 0.0542 e. The van der Waals surface area contributed by atoms with Gasteiger partial charge in [0.15, 0.2) is 0 Å². The molecular weight excluding hydrogens is 835 g/mol. The summed E-state index contributed by atoms with van der Waals surface area (Å²) in [4.78, 5) is 4.92. The average Bonchev–Trinajstić information content (AvgIpc) is 3.99. The van der Waals surface area contributed by atoms with Crippen LogP contribution in [0.15, 0.2) is 218 Å². The van der Waals surface area contributed by atoms with Crippen molar-refractivity contribution >= 4 is 50.2 Å². The summed E-state index contributed by atoms with van der Waals surface area (Å²) in [6.45, 7) is 17.9. The molecule has 0 saturated heterocycles. The second-order valence-corrected chi connectivity index (χ2v) is 19.5. The maximum atomic E-state index is 4.26. The molecule has 0 saturated carbocycles. The summed E-state index contributed by atoms with van der Waals surface area (Å²) >= 11 is 0. The third-order valence-corrected chi connectivity index (χ3v) is 16.3. The van der Waals surface area contributed by atoms with Crippen LogP contribution in [-0.4, -0.2) is 4.57 Å². The fourth-order valence-electron chi connectivity index (χ4n) is 12.8. The van der Waals surface area contributed by atoms with E-state index in [4.69, 9.17) is 0 Å². The van der Waals surface area contributed by atoms with Crippen LogP contribution in [0.3, 0.4) is 0 Å². The summed E-state index contributed by atoms with van der Waals surface area (Å²) in [6, 6.07) is 59.5. The Labute approximate surface area is 409 Å². The lowest BCUT2D eigenvalue weighted by Crippen LogP contribution is -2.30. The molecule has 2 atom stereocenters. The lowest BCUT2D eigenvalue weighted by atomic mass is 9.68.